The van der Waals surface area contributed by atoms with Crippen LogP contribution in [-0.2, 0) is 6.54 Å². The zero-order valence-corrected chi connectivity index (χ0v) is 11.1. The molecule has 1 heterocycles. The van der Waals surface area contributed by atoms with Crippen molar-refractivity contribution in [3.05, 3.63) is 21.4 Å². The van der Waals surface area contributed by atoms with Crippen LogP contribution in [0.25, 0.3) is 0 Å². The summed E-state index contributed by atoms with van der Waals surface area (Å²) in [6.07, 6.45) is 1.10. The zero-order valence-electron chi connectivity index (χ0n) is 10.3. The molecule has 0 aliphatic heterocycles. The third-order valence-corrected chi connectivity index (χ3v) is 4.08. The molecule has 0 aliphatic rings. The van der Waals surface area contributed by atoms with Gasteiger partial charge in [0, 0.05) is 17.5 Å². The van der Waals surface area contributed by atoms with E-state index < -0.39 is 5.97 Å². The lowest BCUT2D eigenvalue weighted by Gasteiger charge is -2.23. The van der Waals surface area contributed by atoms with Crippen molar-refractivity contribution < 1.29 is 9.90 Å². The summed E-state index contributed by atoms with van der Waals surface area (Å²) in [7, 11) is 2.08. The van der Waals surface area contributed by atoms with Crippen LogP contribution in [0.2, 0.25) is 0 Å². The van der Waals surface area contributed by atoms with Crippen molar-refractivity contribution >= 4 is 17.3 Å². The molecule has 0 bridgehead atoms. The van der Waals surface area contributed by atoms with Crippen molar-refractivity contribution in [3.63, 3.8) is 0 Å². The van der Waals surface area contributed by atoms with Crippen molar-refractivity contribution in [1.82, 2.24) is 4.90 Å². The molecule has 1 N–H and O–H groups in total. The SMILES string of the molecule is CCC(C)N(C)Cc1cc(C(=O)O)sc1C. The largest absolute Gasteiger partial charge is 0.477 e. The molecule has 16 heavy (non-hydrogen) atoms. The van der Waals surface area contributed by atoms with Crippen molar-refractivity contribution in [2.24, 2.45) is 0 Å². The van der Waals surface area contributed by atoms with Gasteiger partial charge in [0.05, 0.1) is 0 Å². The smallest absolute Gasteiger partial charge is 0.345 e. The molecule has 1 atom stereocenters. The molecule has 1 aromatic heterocycles. The van der Waals surface area contributed by atoms with Gasteiger partial charge >= 0.3 is 5.97 Å². The molecule has 3 nitrogen and oxygen atoms in total. The Morgan fingerprint density at radius 1 is 1.62 bits per heavy atom. The molecule has 1 rings (SSSR count). The summed E-state index contributed by atoms with van der Waals surface area (Å²) in [6, 6.07) is 2.31. The van der Waals surface area contributed by atoms with Gasteiger partial charge in [0.2, 0.25) is 0 Å². The van der Waals surface area contributed by atoms with Crippen LogP contribution in [0.15, 0.2) is 6.07 Å². The molecule has 0 radical (unpaired) electrons. The van der Waals surface area contributed by atoms with E-state index in [0.29, 0.717) is 10.9 Å². The summed E-state index contributed by atoms with van der Waals surface area (Å²) in [5.74, 6) is -0.828. The second kappa shape index (κ2) is 5.46. The molecular weight excluding hydrogens is 222 g/mol. The first-order chi connectivity index (χ1) is 7.45. The number of carboxylic acid groups (broad SMARTS) is 1. The average molecular weight is 241 g/mol. The van der Waals surface area contributed by atoms with E-state index >= 15 is 0 Å². The van der Waals surface area contributed by atoms with Crippen LogP contribution in [0.3, 0.4) is 0 Å². The number of rotatable bonds is 5. The third-order valence-electron chi connectivity index (χ3n) is 2.99. The van der Waals surface area contributed by atoms with E-state index in [9.17, 15) is 4.79 Å². The minimum atomic E-state index is -0.828. The van der Waals surface area contributed by atoms with Gasteiger partial charge in [-0.25, -0.2) is 4.79 Å². The summed E-state index contributed by atoms with van der Waals surface area (Å²) < 4.78 is 0. The third kappa shape index (κ3) is 3.06. The molecule has 90 valence electrons. The van der Waals surface area contributed by atoms with Gasteiger partial charge in [-0.1, -0.05) is 6.92 Å². The van der Waals surface area contributed by atoms with E-state index in [-0.39, 0.29) is 0 Å². The van der Waals surface area contributed by atoms with Crippen LogP contribution < -0.4 is 0 Å². The lowest BCUT2D eigenvalue weighted by molar-refractivity contribution is 0.0702. The van der Waals surface area contributed by atoms with Gasteiger partial charge in [0.1, 0.15) is 4.88 Å². The number of hydrogen-bond acceptors (Lipinski definition) is 3. The molecule has 0 amide bonds. The Hall–Kier alpha value is -0.870. The first kappa shape index (κ1) is 13.2. The van der Waals surface area contributed by atoms with E-state index in [1.807, 2.05) is 6.92 Å². The van der Waals surface area contributed by atoms with E-state index in [0.717, 1.165) is 23.4 Å². The highest BCUT2D eigenvalue weighted by atomic mass is 32.1. The first-order valence-corrected chi connectivity index (χ1v) is 6.30. The summed E-state index contributed by atoms with van der Waals surface area (Å²) in [5, 5.41) is 8.91. The highest BCUT2D eigenvalue weighted by Gasteiger charge is 2.14. The predicted octanol–water partition coefficient (Wildman–Crippen LogP) is 2.99. The predicted molar refractivity (Wildman–Crippen MR) is 67.2 cm³/mol. The minimum Gasteiger partial charge on any atom is -0.477 e. The molecule has 4 heteroatoms. The minimum absolute atomic E-state index is 0.435. The fourth-order valence-corrected chi connectivity index (χ4v) is 2.39. The molecule has 0 fully saturated rings. The fourth-order valence-electron chi connectivity index (χ4n) is 1.52. The molecule has 0 saturated heterocycles. The first-order valence-electron chi connectivity index (χ1n) is 5.48. The topological polar surface area (TPSA) is 40.5 Å². The number of aryl methyl sites for hydroxylation is 1. The van der Waals surface area contributed by atoms with Gasteiger partial charge in [-0.2, -0.15) is 0 Å². The maximum absolute atomic E-state index is 10.8. The summed E-state index contributed by atoms with van der Waals surface area (Å²) >= 11 is 1.36. The van der Waals surface area contributed by atoms with E-state index in [4.69, 9.17) is 5.11 Å². The van der Waals surface area contributed by atoms with E-state index in [2.05, 4.69) is 25.8 Å². The normalized spacial score (nSPS) is 13.1. The van der Waals surface area contributed by atoms with Crippen LogP contribution in [0.5, 0.6) is 0 Å². The van der Waals surface area contributed by atoms with E-state index in [1.54, 1.807) is 6.07 Å². The Labute approximate surface area is 101 Å². The molecule has 1 aromatic rings. The molecule has 0 saturated carbocycles. The number of aromatic carboxylic acids is 1. The standard InChI is InChI=1S/C12H19NO2S/c1-5-8(2)13(4)7-10-6-11(12(14)15)16-9(10)3/h6,8H,5,7H2,1-4H3,(H,14,15). The van der Waals surface area contributed by atoms with Gasteiger partial charge in [-0.15, -0.1) is 11.3 Å². The Morgan fingerprint density at radius 3 is 2.69 bits per heavy atom. The Morgan fingerprint density at radius 2 is 2.25 bits per heavy atom. The Balaban J connectivity index is 2.77. The highest BCUT2D eigenvalue weighted by Crippen LogP contribution is 2.23. The molecule has 0 aromatic carbocycles. The fraction of sp³-hybridized carbons (Fsp3) is 0.583. The number of carboxylic acids is 1. The van der Waals surface area contributed by atoms with Gasteiger partial charge in [0.15, 0.2) is 0 Å². The molecular formula is C12H19NO2S. The zero-order chi connectivity index (χ0) is 12.3. The van der Waals surface area contributed by atoms with Gasteiger partial charge in [0.25, 0.3) is 0 Å². The highest BCUT2D eigenvalue weighted by molar-refractivity contribution is 7.14. The monoisotopic (exact) mass is 241 g/mol. The maximum Gasteiger partial charge on any atom is 0.345 e. The lowest BCUT2D eigenvalue weighted by atomic mass is 10.2. The van der Waals surface area contributed by atoms with Crippen LogP contribution in [0.1, 0.15) is 40.4 Å². The van der Waals surface area contributed by atoms with Gasteiger partial charge in [-0.05, 0) is 38.9 Å². The summed E-state index contributed by atoms with van der Waals surface area (Å²) in [4.78, 5) is 14.6. The summed E-state index contributed by atoms with van der Waals surface area (Å²) in [5.41, 5.74) is 1.13. The van der Waals surface area contributed by atoms with E-state index in [1.165, 1.54) is 11.3 Å². The van der Waals surface area contributed by atoms with Crippen LogP contribution in [0.4, 0.5) is 0 Å². The Bertz CT molecular complexity index is 373. The van der Waals surface area contributed by atoms with Gasteiger partial charge < -0.3 is 5.11 Å². The second-order valence-electron chi connectivity index (χ2n) is 4.17. The van der Waals surface area contributed by atoms with Crippen molar-refractivity contribution in [2.45, 2.75) is 39.8 Å². The number of thiophene rings is 1. The molecule has 0 spiro atoms. The Kier molecular flexibility index (Phi) is 4.50. The van der Waals surface area contributed by atoms with Crippen LogP contribution >= 0.6 is 11.3 Å². The molecule has 1 unspecified atom stereocenters. The van der Waals surface area contributed by atoms with Crippen molar-refractivity contribution in [3.8, 4) is 0 Å². The summed E-state index contributed by atoms with van der Waals surface area (Å²) in [6.45, 7) is 7.14. The average Bonchev–Trinajstić information content (AvgIpc) is 2.59. The molecule has 0 aliphatic carbocycles. The number of carbonyl (C=O) groups is 1. The maximum atomic E-state index is 10.8. The van der Waals surface area contributed by atoms with Crippen LogP contribution in [-0.4, -0.2) is 29.1 Å². The van der Waals surface area contributed by atoms with Crippen LogP contribution in [0, 0.1) is 6.92 Å². The van der Waals surface area contributed by atoms with Crippen molar-refractivity contribution in [2.75, 3.05) is 7.05 Å². The second-order valence-corrected chi connectivity index (χ2v) is 5.43. The quantitative estimate of drug-likeness (QED) is 0.861. The number of hydrogen-bond donors (Lipinski definition) is 1. The number of nitrogens with zero attached hydrogens (tertiary/aromatic N) is 1. The lowest BCUT2D eigenvalue weighted by Crippen LogP contribution is -2.27. The van der Waals surface area contributed by atoms with Gasteiger partial charge in [-0.3, -0.25) is 4.90 Å². The van der Waals surface area contributed by atoms with Crippen molar-refractivity contribution in [1.29, 1.82) is 0 Å².